The van der Waals surface area contributed by atoms with Crippen LogP contribution in [-0.4, -0.2) is 37.3 Å². The highest BCUT2D eigenvalue weighted by molar-refractivity contribution is 5.92. The molecular weight excluding hydrogens is 356 g/mol. The van der Waals surface area contributed by atoms with E-state index >= 15 is 0 Å². The molecule has 0 radical (unpaired) electrons. The molecule has 1 N–H and O–H groups in total. The molecule has 1 aliphatic heterocycles. The number of nitrogens with zero attached hydrogens (tertiary/aromatic N) is 1. The first-order valence-corrected chi connectivity index (χ1v) is 9.24. The van der Waals surface area contributed by atoms with Crippen LogP contribution in [0.3, 0.4) is 0 Å². The van der Waals surface area contributed by atoms with Gasteiger partial charge in [-0.25, -0.2) is 0 Å². The van der Waals surface area contributed by atoms with Crippen molar-refractivity contribution in [2.24, 2.45) is 5.92 Å². The van der Waals surface area contributed by atoms with Gasteiger partial charge in [-0.05, 0) is 60.5 Å². The average Bonchev–Trinajstić information content (AvgIpc) is 3.39. The van der Waals surface area contributed by atoms with Gasteiger partial charge in [-0.3, -0.25) is 9.78 Å². The number of hydrogen-bond acceptors (Lipinski definition) is 5. The third kappa shape index (κ3) is 4.07. The molecule has 2 atom stereocenters. The van der Waals surface area contributed by atoms with Crippen molar-refractivity contribution in [3.8, 4) is 17.1 Å². The van der Waals surface area contributed by atoms with E-state index in [9.17, 15) is 4.79 Å². The van der Waals surface area contributed by atoms with Gasteiger partial charge in [0.15, 0.2) is 5.76 Å². The number of amides is 1. The van der Waals surface area contributed by atoms with Gasteiger partial charge in [0.1, 0.15) is 11.5 Å². The van der Waals surface area contributed by atoms with Crippen molar-refractivity contribution >= 4 is 5.91 Å². The van der Waals surface area contributed by atoms with E-state index in [4.69, 9.17) is 13.9 Å². The summed E-state index contributed by atoms with van der Waals surface area (Å²) in [7, 11) is 1.62. The molecule has 1 aliphatic rings. The van der Waals surface area contributed by atoms with E-state index in [1.807, 2.05) is 36.4 Å². The summed E-state index contributed by atoms with van der Waals surface area (Å²) in [4.78, 5) is 16.7. The summed E-state index contributed by atoms with van der Waals surface area (Å²) < 4.78 is 16.5. The zero-order chi connectivity index (χ0) is 19.3. The minimum atomic E-state index is -0.227. The predicted octanol–water partition coefficient (Wildman–Crippen LogP) is 3.34. The average molecular weight is 378 g/mol. The van der Waals surface area contributed by atoms with E-state index in [1.54, 1.807) is 31.6 Å². The summed E-state index contributed by atoms with van der Waals surface area (Å²) in [5.41, 5.74) is 2.07. The van der Waals surface area contributed by atoms with Crippen molar-refractivity contribution in [1.29, 1.82) is 0 Å². The first-order chi connectivity index (χ1) is 13.7. The van der Waals surface area contributed by atoms with E-state index in [1.165, 1.54) is 5.56 Å². The minimum Gasteiger partial charge on any atom is -0.497 e. The van der Waals surface area contributed by atoms with Crippen LogP contribution >= 0.6 is 0 Å². The van der Waals surface area contributed by atoms with Gasteiger partial charge in [-0.1, -0.05) is 0 Å². The summed E-state index contributed by atoms with van der Waals surface area (Å²) in [5.74, 6) is 1.70. The Kier molecular flexibility index (Phi) is 5.39. The van der Waals surface area contributed by atoms with Crippen molar-refractivity contribution in [3.05, 3.63) is 72.2 Å². The fraction of sp³-hybridized carbons (Fsp3) is 0.273. The Morgan fingerprint density at radius 2 is 1.89 bits per heavy atom. The fourth-order valence-electron chi connectivity index (χ4n) is 3.39. The summed E-state index contributed by atoms with van der Waals surface area (Å²) in [6.07, 6.45) is 4.40. The van der Waals surface area contributed by atoms with Gasteiger partial charge in [0.05, 0.1) is 26.4 Å². The van der Waals surface area contributed by atoms with Crippen LogP contribution in [0.15, 0.2) is 65.3 Å². The molecule has 6 heteroatoms. The SMILES string of the molecule is COc1ccc(-c2ccc(C(=O)N[C@@H]3COC[C@H]3Cc3ccncc3)o2)cc1. The Morgan fingerprint density at radius 3 is 2.64 bits per heavy atom. The molecular formula is C22H22N2O4. The molecule has 0 unspecified atom stereocenters. The van der Waals surface area contributed by atoms with Gasteiger partial charge in [0.25, 0.3) is 5.91 Å². The van der Waals surface area contributed by atoms with Crippen LogP contribution in [0, 0.1) is 5.92 Å². The molecule has 1 fully saturated rings. The lowest BCUT2D eigenvalue weighted by Gasteiger charge is -2.18. The number of hydrogen-bond donors (Lipinski definition) is 1. The van der Waals surface area contributed by atoms with Crippen LogP contribution in [0.1, 0.15) is 16.1 Å². The quantitative estimate of drug-likeness (QED) is 0.712. The lowest BCUT2D eigenvalue weighted by molar-refractivity contribution is 0.0898. The van der Waals surface area contributed by atoms with Gasteiger partial charge in [-0.2, -0.15) is 0 Å². The number of carbonyl (C=O) groups is 1. The zero-order valence-electron chi connectivity index (χ0n) is 15.6. The Morgan fingerprint density at radius 1 is 1.11 bits per heavy atom. The monoisotopic (exact) mass is 378 g/mol. The number of methoxy groups -OCH3 is 1. The molecule has 0 spiro atoms. The van der Waals surface area contributed by atoms with Crippen LogP contribution in [-0.2, 0) is 11.2 Å². The number of rotatable bonds is 6. The van der Waals surface area contributed by atoms with E-state index in [0.717, 1.165) is 17.7 Å². The lowest BCUT2D eigenvalue weighted by Crippen LogP contribution is -2.40. The topological polar surface area (TPSA) is 73.6 Å². The van der Waals surface area contributed by atoms with Crippen molar-refractivity contribution in [1.82, 2.24) is 10.3 Å². The molecule has 1 amide bonds. The number of nitrogens with one attached hydrogen (secondary N) is 1. The van der Waals surface area contributed by atoms with E-state index < -0.39 is 0 Å². The Bertz CT molecular complexity index is 921. The molecule has 0 aliphatic carbocycles. The normalized spacial score (nSPS) is 18.8. The summed E-state index contributed by atoms with van der Waals surface area (Å²) >= 11 is 0. The van der Waals surface area contributed by atoms with Crippen LogP contribution in [0.5, 0.6) is 5.75 Å². The van der Waals surface area contributed by atoms with Gasteiger partial charge in [0.2, 0.25) is 0 Å². The molecule has 144 valence electrons. The molecule has 1 saturated heterocycles. The maximum Gasteiger partial charge on any atom is 0.287 e. The standard InChI is InChI=1S/C22H22N2O4/c1-26-18-4-2-16(3-5-18)20-6-7-21(28-20)22(25)24-19-14-27-13-17(19)12-15-8-10-23-11-9-15/h2-11,17,19H,12-14H2,1H3,(H,24,25)/t17-,19-/m1/s1. The Hall–Kier alpha value is -3.12. The van der Waals surface area contributed by atoms with Crippen molar-refractivity contribution in [2.45, 2.75) is 12.5 Å². The number of pyridine rings is 1. The second-order valence-electron chi connectivity index (χ2n) is 6.83. The second-order valence-corrected chi connectivity index (χ2v) is 6.83. The molecule has 1 aromatic carbocycles. The highest BCUT2D eigenvalue weighted by Crippen LogP contribution is 2.25. The van der Waals surface area contributed by atoms with Gasteiger partial charge < -0.3 is 19.2 Å². The molecule has 6 nitrogen and oxygen atoms in total. The Balaban J connectivity index is 1.41. The number of carbonyl (C=O) groups excluding carboxylic acids is 1. The number of ether oxygens (including phenoxy) is 2. The predicted molar refractivity (Wildman–Crippen MR) is 104 cm³/mol. The van der Waals surface area contributed by atoms with Crippen molar-refractivity contribution in [3.63, 3.8) is 0 Å². The number of aromatic nitrogens is 1. The largest absolute Gasteiger partial charge is 0.497 e. The second kappa shape index (κ2) is 8.27. The highest BCUT2D eigenvalue weighted by atomic mass is 16.5. The molecule has 3 aromatic rings. The van der Waals surface area contributed by atoms with Crippen LogP contribution in [0.25, 0.3) is 11.3 Å². The maximum atomic E-state index is 12.7. The molecule has 28 heavy (non-hydrogen) atoms. The summed E-state index contributed by atoms with van der Waals surface area (Å²) in [6.45, 7) is 1.13. The maximum absolute atomic E-state index is 12.7. The third-order valence-corrected chi connectivity index (χ3v) is 4.97. The van der Waals surface area contributed by atoms with E-state index in [0.29, 0.717) is 24.7 Å². The van der Waals surface area contributed by atoms with Crippen LogP contribution in [0.2, 0.25) is 0 Å². The first kappa shape index (κ1) is 18.3. The Labute approximate surface area is 163 Å². The zero-order valence-corrected chi connectivity index (χ0v) is 15.6. The molecule has 0 saturated carbocycles. The molecule has 4 rings (SSSR count). The van der Waals surface area contributed by atoms with Crippen molar-refractivity contribution < 1.29 is 18.7 Å². The molecule has 0 bridgehead atoms. The fourth-order valence-corrected chi connectivity index (χ4v) is 3.39. The van der Waals surface area contributed by atoms with Gasteiger partial charge >= 0.3 is 0 Å². The van der Waals surface area contributed by atoms with E-state index in [2.05, 4.69) is 10.3 Å². The van der Waals surface area contributed by atoms with Gasteiger partial charge in [-0.15, -0.1) is 0 Å². The summed E-state index contributed by atoms with van der Waals surface area (Å²) in [6, 6.07) is 14.9. The van der Waals surface area contributed by atoms with Gasteiger partial charge in [0, 0.05) is 23.9 Å². The van der Waals surface area contributed by atoms with Crippen molar-refractivity contribution in [2.75, 3.05) is 20.3 Å². The van der Waals surface area contributed by atoms with E-state index in [-0.39, 0.29) is 17.9 Å². The third-order valence-electron chi connectivity index (χ3n) is 4.97. The molecule has 2 aromatic heterocycles. The lowest BCUT2D eigenvalue weighted by atomic mass is 9.95. The molecule has 3 heterocycles. The van der Waals surface area contributed by atoms with Crippen LogP contribution < -0.4 is 10.1 Å². The van der Waals surface area contributed by atoms with Crippen LogP contribution in [0.4, 0.5) is 0 Å². The number of furan rings is 1. The smallest absolute Gasteiger partial charge is 0.287 e. The highest BCUT2D eigenvalue weighted by Gasteiger charge is 2.30. The first-order valence-electron chi connectivity index (χ1n) is 9.24. The summed E-state index contributed by atoms with van der Waals surface area (Å²) in [5, 5.41) is 3.06. The number of benzene rings is 1. The minimum absolute atomic E-state index is 0.0461.